The van der Waals surface area contributed by atoms with Gasteiger partial charge in [0.2, 0.25) is 0 Å². The van der Waals surface area contributed by atoms with Gasteiger partial charge < -0.3 is 9.30 Å². The van der Waals surface area contributed by atoms with E-state index in [1.165, 1.54) is 37.9 Å². The Kier molecular flexibility index (Phi) is 4.31. The molecule has 5 heteroatoms. The van der Waals surface area contributed by atoms with Gasteiger partial charge in [0, 0.05) is 25.3 Å². The van der Waals surface area contributed by atoms with E-state index in [4.69, 9.17) is 9.72 Å². The number of hydrogen-bond acceptors (Lipinski definition) is 4. The molecule has 2 unspecified atom stereocenters. The molecule has 2 aliphatic rings. The first kappa shape index (κ1) is 15.1. The molecule has 0 N–H and O–H groups in total. The van der Waals surface area contributed by atoms with Gasteiger partial charge in [-0.2, -0.15) is 0 Å². The number of pyridine rings is 1. The molecule has 124 valence electrons. The van der Waals surface area contributed by atoms with Crippen LogP contribution >= 0.6 is 0 Å². The lowest BCUT2D eigenvalue weighted by Crippen LogP contribution is -2.32. The minimum atomic E-state index is 0.419. The van der Waals surface area contributed by atoms with Crippen LogP contribution in [0.3, 0.4) is 0 Å². The van der Waals surface area contributed by atoms with Gasteiger partial charge in [0.05, 0.1) is 12.6 Å². The third kappa shape index (κ3) is 3.00. The van der Waals surface area contributed by atoms with Gasteiger partial charge in [-0.15, -0.1) is 0 Å². The first-order chi connectivity index (χ1) is 11.3. The molecule has 2 aliphatic heterocycles. The lowest BCUT2D eigenvalue weighted by atomic mass is 10.0. The highest BCUT2D eigenvalue weighted by Gasteiger charge is 2.28. The Morgan fingerprint density at radius 2 is 2.22 bits per heavy atom. The lowest BCUT2D eigenvalue weighted by Gasteiger charge is -2.33. The molecule has 23 heavy (non-hydrogen) atoms. The zero-order valence-corrected chi connectivity index (χ0v) is 13.9. The highest BCUT2D eigenvalue weighted by molar-refractivity contribution is 5.71. The van der Waals surface area contributed by atoms with Gasteiger partial charge in [-0.1, -0.05) is 6.42 Å². The number of fused-ring (bicyclic) bond motifs is 1. The summed E-state index contributed by atoms with van der Waals surface area (Å²) in [6.07, 6.45) is 8.07. The number of rotatable bonds is 3. The van der Waals surface area contributed by atoms with Gasteiger partial charge >= 0.3 is 0 Å². The average Bonchev–Trinajstić information content (AvgIpc) is 2.95. The molecule has 4 heterocycles. The van der Waals surface area contributed by atoms with Crippen molar-refractivity contribution in [3.8, 4) is 0 Å². The van der Waals surface area contributed by atoms with Gasteiger partial charge in [0.25, 0.3) is 0 Å². The van der Waals surface area contributed by atoms with E-state index in [1.54, 1.807) is 0 Å². The van der Waals surface area contributed by atoms with Crippen LogP contribution in [0.25, 0.3) is 11.2 Å². The summed E-state index contributed by atoms with van der Waals surface area (Å²) in [5.74, 6) is 1.78. The van der Waals surface area contributed by atoms with E-state index in [9.17, 15) is 0 Å². The minimum absolute atomic E-state index is 0.419. The monoisotopic (exact) mass is 314 g/mol. The first-order valence-corrected chi connectivity index (χ1v) is 8.92. The van der Waals surface area contributed by atoms with Crippen LogP contribution < -0.4 is 0 Å². The van der Waals surface area contributed by atoms with E-state index < -0.39 is 0 Å². The maximum absolute atomic E-state index is 5.68. The number of hydrogen-bond donors (Lipinski definition) is 0. The highest BCUT2D eigenvalue weighted by atomic mass is 16.5. The van der Waals surface area contributed by atoms with Crippen molar-refractivity contribution in [2.45, 2.75) is 44.7 Å². The summed E-state index contributed by atoms with van der Waals surface area (Å²) in [4.78, 5) is 12.1. The second-order valence-electron chi connectivity index (χ2n) is 7.00. The molecule has 2 saturated heterocycles. The quantitative estimate of drug-likeness (QED) is 0.873. The molecule has 0 saturated carbocycles. The number of likely N-dealkylation sites (tertiary alicyclic amines) is 1. The Hall–Kier alpha value is -1.46. The Morgan fingerprint density at radius 1 is 1.26 bits per heavy atom. The summed E-state index contributed by atoms with van der Waals surface area (Å²) in [5, 5.41) is 0. The van der Waals surface area contributed by atoms with Crippen molar-refractivity contribution < 1.29 is 4.74 Å². The van der Waals surface area contributed by atoms with Gasteiger partial charge in [-0.25, -0.2) is 9.97 Å². The first-order valence-electron chi connectivity index (χ1n) is 8.92. The predicted molar refractivity (Wildman–Crippen MR) is 90.3 cm³/mol. The largest absolute Gasteiger partial charge is 0.381 e. The number of ether oxygens (including phenoxy) is 1. The Bertz CT molecular complexity index is 662. The normalized spacial score (nSPS) is 26.7. The molecule has 0 aromatic carbocycles. The lowest BCUT2D eigenvalue weighted by molar-refractivity contribution is 0.0476. The molecular formula is C18H26N4O. The van der Waals surface area contributed by atoms with Crippen LogP contribution in [0.15, 0.2) is 18.3 Å². The molecule has 0 radical (unpaired) electrons. The van der Waals surface area contributed by atoms with Gasteiger partial charge in [-0.05, 0) is 51.4 Å². The number of aromatic nitrogens is 3. The van der Waals surface area contributed by atoms with Crippen LogP contribution in [0.1, 0.15) is 44.0 Å². The minimum Gasteiger partial charge on any atom is -0.381 e. The van der Waals surface area contributed by atoms with E-state index in [2.05, 4.69) is 27.6 Å². The van der Waals surface area contributed by atoms with Crippen LogP contribution in [0.5, 0.6) is 0 Å². The summed E-state index contributed by atoms with van der Waals surface area (Å²) in [5.41, 5.74) is 2.06. The fraction of sp³-hybridized carbons (Fsp3) is 0.667. The maximum Gasteiger partial charge on any atom is 0.160 e. The third-order valence-electron chi connectivity index (χ3n) is 5.30. The zero-order valence-electron chi connectivity index (χ0n) is 13.9. The van der Waals surface area contributed by atoms with E-state index in [0.29, 0.717) is 12.0 Å². The maximum atomic E-state index is 5.68. The van der Waals surface area contributed by atoms with Crippen molar-refractivity contribution in [3.05, 3.63) is 24.2 Å². The molecule has 0 bridgehead atoms. The molecule has 0 aliphatic carbocycles. The Labute approximate surface area is 137 Å². The van der Waals surface area contributed by atoms with Crippen LogP contribution in [0.4, 0.5) is 0 Å². The van der Waals surface area contributed by atoms with Crippen molar-refractivity contribution >= 4 is 11.2 Å². The smallest absolute Gasteiger partial charge is 0.160 e. The molecule has 2 fully saturated rings. The Morgan fingerprint density at radius 3 is 3.04 bits per heavy atom. The summed E-state index contributed by atoms with van der Waals surface area (Å²) < 4.78 is 8.06. The van der Waals surface area contributed by atoms with Crippen molar-refractivity contribution in [1.29, 1.82) is 0 Å². The van der Waals surface area contributed by atoms with E-state index in [1.807, 2.05) is 12.3 Å². The van der Waals surface area contributed by atoms with Crippen LogP contribution in [0.2, 0.25) is 0 Å². The summed E-state index contributed by atoms with van der Waals surface area (Å²) >= 11 is 0. The van der Waals surface area contributed by atoms with Gasteiger partial charge in [0.1, 0.15) is 11.3 Å². The number of imidazole rings is 1. The average molecular weight is 314 g/mol. The zero-order chi connectivity index (χ0) is 15.6. The Balaban J connectivity index is 1.71. The molecule has 2 aromatic rings. The summed E-state index contributed by atoms with van der Waals surface area (Å²) in [6, 6.07) is 4.49. The third-order valence-corrected chi connectivity index (χ3v) is 5.30. The SMILES string of the molecule is CN1CCCCC1c1nc2cccnc2n1CC1CCCOC1. The molecule has 5 nitrogen and oxygen atoms in total. The second-order valence-corrected chi connectivity index (χ2v) is 7.00. The fourth-order valence-corrected chi connectivity index (χ4v) is 4.02. The van der Waals surface area contributed by atoms with Crippen LogP contribution in [-0.2, 0) is 11.3 Å². The highest BCUT2D eigenvalue weighted by Crippen LogP contribution is 2.32. The van der Waals surface area contributed by atoms with E-state index in [-0.39, 0.29) is 0 Å². The fourth-order valence-electron chi connectivity index (χ4n) is 4.02. The van der Waals surface area contributed by atoms with Gasteiger partial charge in [-0.3, -0.25) is 4.90 Å². The molecule has 4 rings (SSSR count). The second kappa shape index (κ2) is 6.57. The van der Waals surface area contributed by atoms with Crippen LogP contribution in [0, 0.1) is 5.92 Å². The molecule has 2 atom stereocenters. The standard InChI is InChI=1S/C18H26N4O/c1-21-10-3-2-8-16(21)18-20-15-7-4-9-19-17(15)22(18)12-14-6-5-11-23-13-14/h4,7,9,14,16H,2-3,5-6,8,10-13H2,1H3. The molecule has 0 amide bonds. The van der Waals surface area contributed by atoms with E-state index >= 15 is 0 Å². The summed E-state index contributed by atoms with van der Waals surface area (Å²) in [7, 11) is 2.23. The number of nitrogens with zero attached hydrogens (tertiary/aromatic N) is 4. The van der Waals surface area contributed by atoms with Crippen molar-refractivity contribution in [1.82, 2.24) is 19.4 Å². The topological polar surface area (TPSA) is 43.2 Å². The summed E-state index contributed by atoms with van der Waals surface area (Å²) in [6.45, 7) is 3.92. The molecular weight excluding hydrogens is 288 g/mol. The van der Waals surface area contributed by atoms with Crippen molar-refractivity contribution in [2.75, 3.05) is 26.8 Å². The predicted octanol–water partition coefficient (Wildman–Crippen LogP) is 3.01. The van der Waals surface area contributed by atoms with Crippen molar-refractivity contribution in [2.24, 2.45) is 5.92 Å². The van der Waals surface area contributed by atoms with Crippen molar-refractivity contribution in [3.63, 3.8) is 0 Å². The number of piperidine rings is 1. The van der Waals surface area contributed by atoms with Gasteiger partial charge in [0.15, 0.2) is 5.65 Å². The van der Waals surface area contributed by atoms with Crippen LogP contribution in [-0.4, -0.2) is 46.2 Å². The van der Waals surface area contributed by atoms with E-state index in [0.717, 1.165) is 37.5 Å². The molecule has 2 aromatic heterocycles. The molecule has 0 spiro atoms.